The fourth-order valence-corrected chi connectivity index (χ4v) is 2.26. The molecule has 0 aliphatic rings. The standard InChI is InChI=1S/C15H14N6S/c1-21-9-17-8-14(21)13-6-10(7-18-20-15(16)22)11-4-2-3-5-12(11)19-13/h2-9H,1H3,(H3,16,20,22)/b18-7+. The van der Waals surface area contributed by atoms with Gasteiger partial charge in [0.2, 0.25) is 0 Å². The number of rotatable bonds is 3. The van der Waals surface area contributed by atoms with E-state index in [1.807, 2.05) is 41.9 Å². The predicted octanol–water partition coefficient (Wildman–Crippen LogP) is 1.80. The maximum atomic E-state index is 5.38. The molecule has 3 N–H and O–H groups in total. The van der Waals surface area contributed by atoms with Crippen molar-refractivity contribution in [2.75, 3.05) is 0 Å². The summed E-state index contributed by atoms with van der Waals surface area (Å²) in [7, 11) is 1.93. The summed E-state index contributed by atoms with van der Waals surface area (Å²) in [5.41, 5.74) is 11.5. The van der Waals surface area contributed by atoms with Crippen LogP contribution in [0.25, 0.3) is 22.3 Å². The second-order valence-electron chi connectivity index (χ2n) is 4.74. The Morgan fingerprint density at radius 1 is 1.41 bits per heavy atom. The molecule has 2 heterocycles. The number of pyridine rings is 1. The van der Waals surface area contributed by atoms with Crippen molar-refractivity contribution < 1.29 is 0 Å². The van der Waals surface area contributed by atoms with E-state index in [1.54, 1.807) is 18.7 Å². The van der Waals surface area contributed by atoms with Gasteiger partial charge in [-0.2, -0.15) is 5.10 Å². The molecule has 0 bridgehead atoms. The molecule has 0 atom stereocenters. The average Bonchev–Trinajstić information content (AvgIpc) is 2.93. The Balaban J connectivity index is 2.14. The van der Waals surface area contributed by atoms with E-state index in [0.29, 0.717) is 0 Å². The molecule has 0 saturated heterocycles. The quantitative estimate of drug-likeness (QED) is 0.438. The van der Waals surface area contributed by atoms with Crippen molar-refractivity contribution in [2.24, 2.45) is 17.9 Å². The number of nitrogens with one attached hydrogen (secondary N) is 1. The Morgan fingerprint density at radius 3 is 2.95 bits per heavy atom. The minimum atomic E-state index is 0.126. The Kier molecular flexibility index (Phi) is 3.80. The van der Waals surface area contributed by atoms with Gasteiger partial charge < -0.3 is 10.3 Å². The molecule has 6 nitrogen and oxygen atoms in total. The van der Waals surface area contributed by atoms with Crippen LogP contribution in [0.5, 0.6) is 0 Å². The summed E-state index contributed by atoms with van der Waals surface area (Å²) in [6.07, 6.45) is 5.21. The van der Waals surface area contributed by atoms with E-state index >= 15 is 0 Å². The van der Waals surface area contributed by atoms with E-state index in [0.717, 1.165) is 27.9 Å². The van der Waals surface area contributed by atoms with Crippen molar-refractivity contribution >= 4 is 34.4 Å². The number of nitrogens with zero attached hydrogens (tertiary/aromatic N) is 4. The van der Waals surface area contributed by atoms with Crippen LogP contribution in [0.2, 0.25) is 0 Å². The van der Waals surface area contributed by atoms with Crippen LogP contribution in [0.3, 0.4) is 0 Å². The van der Waals surface area contributed by atoms with E-state index in [4.69, 9.17) is 18.0 Å². The highest BCUT2D eigenvalue weighted by Crippen LogP contribution is 2.23. The molecule has 3 aromatic rings. The highest BCUT2D eigenvalue weighted by Gasteiger charge is 2.08. The largest absolute Gasteiger partial charge is 0.375 e. The summed E-state index contributed by atoms with van der Waals surface area (Å²) in [6, 6.07) is 9.84. The number of aryl methyl sites for hydroxylation is 1. The molecule has 0 aliphatic heterocycles. The van der Waals surface area contributed by atoms with Crippen LogP contribution in [0, 0.1) is 0 Å². The number of nitrogens with two attached hydrogens (primary N) is 1. The number of hydrogen-bond acceptors (Lipinski definition) is 4. The molecule has 0 aliphatic carbocycles. The van der Waals surface area contributed by atoms with Gasteiger partial charge in [0.15, 0.2) is 5.11 Å². The van der Waals surface area contributed by atoms with Gasteiger partial charge in [-0.1, -0.05) is 18.2 Å². The third-order valence-electron chi connectivity index (χ3n) is 3.21. The van der Waals surface area contributed by atoms with Crippen LogP contribution >= 0.6 is 12.2 Å². The van der Waals surface area contributed by atoms with Gasteiger partial charge in [0, 0.05) is 18.0 Å². The SMILES string of the molecule is Cn1cncc1-c1cc(/C=N/NC(N)=S)c2ccccc2n1. The fraction of sp³-hybridized carbons (Fsp3) is 0.0667. The van der Waals surface area contributed by atoms with Crippen molar-refractivity contribution in [1.82, 2.24) is 20.0 Å². The first kappa shape index (κ1) is 14.2. The lowest BCUT2D eigenvalue weighted by Gasteiger charge is -2.07. The van der Waals surface area contributed by atoms with Crippen LogP contribution in [-0.4, -0.2) is 25.9 Å². The summed E-state index contributed by atoms with van der Waals surface area (Å²) < 4.78 is 1.92. The molecule has 0 radical (unpaired) electrons. The van der Waals surface area contributed by atoms with Gasteiger partial charge in [0.1, 0.15) is 0 Å². The third-order valence-corrected chi connectivity index (χ3v) is 3.30. The first-order valence-corrected chi connectivity index (χ1v) is 7.01. The zero-order chi connectivity index (χ0) is 15.5. The molecule has 0 fully saturated rings. The van der Waals surface area contributed by atoms with Crippen LogP contribution in [-0.2, 0) is 7.05 Å². The van der Waals surface area contributed by atoms with Gasteiger partial charge in [-0.15, -0.1) is 0 Å². The number of thiocarbonyl (C=S) groups is 1. The van der Waals surface area contributed by atoms with E-state index < -0.39 is 0 Å². The van der Waals surface area contributed by atoms with Crippen molar-refractivity contribution in [3.63, 3.8) is 0 Å². The molecule has 0 spiro atoms. The number of hydrogen-bond donors (Lipinski definition) is 2. The molecule has 0 amide bonds. The lowest BCUT2D eigenvalue weighted by molar-refractivity contribution is 0.917. The minimum Gasteiger partial charge on any atom is -0.375 e. The summed E-state index contributed by atoms with van der Waals surface area (Å²) in [6.45, 7) is 0. The van der Waals surface area contributed by atoms with Gasteiger partial charge in [-0.05, 0) is 24.4 Å². The fourth-order valence-electron chi connectivity index (χ4n) is 2.21. The minimum absolute atomic E-state index is 0.126. The molecular formula is C15H14N6S. The topological polar surface area (TPSA) is 81.1 Å². The van der Waals surface area contributed by atoms with E-state index in [2.05, 4.69) is 20.5 Å². The summed E-state index contributed by atoms with van der Waals surface area (Å²) in [4.78, 5) is 8.83. The highest BCUT2D eigenvalue weighted by atomic mass is 32.1. The predicted molar refractivity (Wildman–Crippen MR) is 91.5 cm³/mol. The lowest BCUT2D eigenvalue weighted by atomic mass is 10.1. The Hall–Kier alpha value is -2.80. The zero-order valence-electron chi connectivity index (χ0n) is 11.9. The van der Waals surface area contributed by atoms with Crippen LogP contribution in [0.1, 0.15) is 5.56 Å². The molecule has 0 saturated carbocycles. The second-order valence-corrected chi connectivity index (χ2v) is 5.18. The van der Waals surface area contributed by atoms with Crippen molar-refractivity contribution in [2.45, 2.75) is 0 Å². The number of para-hydroxylation sites is 1. The van der Waals surface area contributed by atoms with E-state index in [1.165, 1.54) is 0 Å². The highest BCUT2D eigenvalue weighted by molar-refractivity contribution is 7.80. The number of fused-ring (bicyclic) bond motifs is 1. The number of benzene rings is 1. The summed E-state index contributed by atoms with van der Waals surface area (Å²) in [5.74, 6) is 0. The molecule has 22 heavy (non-hydrogen) atoms. The van der Waals surface area contributed by atoms with Crippen molar-refractivity contribution in [3.05, 3.63) is 48.4 Å². The van der Waals surface area contributed by atoms with Crippen LogP contribution < -0.4 is 11.2 Å². The second kappa shape index (κ2) is 5.90. The van der Waals surface area contributed by atoms with E-state index in [9.17, 15) is 0 Å². The van der Waals surface area contributed by atoms with Gasteiger partial charge in [-0.3, -0.25) is 5.43 Å². The molecule has 1 aromatic carbocycles. The normalized spacial score (nSPS) is 11.1. The number of aromatic nitrogens is 3. The van der Waals surface area contributed by atoms with Crippen molar-refractivity contribution in [3.8, 4) is 11.4 Å². The van der Waals surface area contributed by atoms with Crippen molar-refractivity contribution in [1.29, 1.82) is 0 Å². The van der Waals surface area contributed by atoms with Crippen LogP contribution in [0.4, 0.5) is 0 Å². The third kappa shape index (κ3) is 2.79. The maximum absolute atomic E-state index is 5.38. The molecule has 7 heteroatoms. The van der Waals surface area contributed by atoms with Gasteiger partial charge >= 0.3 is 0 Å². The maximum Gasteiger partial charge on any atom is 0.184 e. The first-order valence-electron chi connectivity index (χ1n) is 6.60. The summed E-state index contributed by atoms with van der Waals surface area (Å²) >= 11 is 4.74. The first-order chi connectivity index (χ1) is 10.6. The molecular weight excluding hydrogens is 296 g/mol. The molecule has 0 unspecified atom stereocenters. The Bertz CT molecular complexity index is 867. The summed E-state index contributed by atoms with van der Waals surface area (Å²) in [5, 5.41) is 5.17. The number of imidazole rings is 1. The van der Waals surface area contributed by atoms with Gasteiger partial charge in [0.25, 0.3) is 0 Å². The zero-order valence-corrected chi connectivity index (χ0v) is 12.7. The van der Waals surface area contributed by atoms with Gasteiger partial charge in [0.05, 0.1) is 35.6 Å². The van der Waals surface area contributed by atoms with Crippen LogP contribution in [0.15, 0.2) is 48.0 Å². The monoisotopic (exact) mass is 310 g/mol. The molecule has 2 aromatic heterocycles. The molecule has 110 valence electrons. The Labute approximate surface area is 132 Å². The lowest BCUT2D eigenvalue weighted by Crippen LogP contribution is -2.24. The number of hydrazone groups is 1. The average molecular weight is 310 g/mol. The molecule has 3 rings (SSSR count). The Morgan fingerprint density at radius 2 is 2.23 bits per heavy atom. The van der Waals surface area contributed by atoms with Gasteiger partial charge in [-0.25, -0.2) is 9.97 Å². The smallest absolute Gasteiger partial charge is 0.184 e. The van der Waals surface area contributed by atoms with E-state index in [-0.39, 0.29) is 5.11 Å².